The van der Waals surface area contributed by atoms with Crippen molar-refractivity contribution < 1.29 is 19.2 Å². The largest absolute Gasteiger partial charge is 0.327 e. The third-order valence-corrected chi connectivity index (χ3v) is 7.33. The third-order valence-electron chi connectivity index (χ3n) is 7.33. The van der Waals surface area contributed by atoms with E-state index in [-0.39, 0.29) is 42.0 Å². The van der Waals surface area contributed by atoms with Crippen LogP contribution in [0.5, 0.6) is 0 Å². The highest BCUT2D eigenvalue weighted by Gasteiger charge is 2.47. The monoisotopic (exact) mass is 453 g/mol. The molecule has 1 saturated heterocycles. The summed E-state index contributed by atoms with van der Waals surface area (Å²) in [6.07, 6.45) is 11.3. The Kier molecular flexibility index (Phi) is 7.46. The maximum Gasteiger partial charge on any atom is 0.257 e. The smallest absolute Gasteiger partial charge is 0.257 e. The molecule has 3 aliphatic rings. The van der Waals surface area contributed by atoms with Crippen LogP contribution in [0.4, 0.5) is 11.4 Å². The number of rotatable bonds is 5. The first-order valence-electron chi connectivity index (χ1n) is 12.5. The summed E-state index contributed by atoms with van der Waals surface area (Å²) in [5.74, 6) is -0.712. The number of benzene rings is 1. The summed E-state index contributed by atoms with van der Waals surface area (Å²) < 4.78 is 0. The minimum Gasteiger partial charge on any atom is -0.327 e. The van der Waals surface area contributed by atoms with Crippen LogP contribution < -0.4 is 10.2 Å². The van der Waals surface area contributed by atoms with Gasteiger partial charge in [0, 0.05) is 24.6 Å². The number of anilines is 2. The van der Waals surface area contributed by atoms with Gasteiger partial charge in [-0.15, -0.1) is 0 Å². The van der Waals surface area contributed by atoms with Gasteiger partial charge in [-0.05, 0) is 49.9 Å². The zero-order chi connectivity index (χ0) is 23.4. The first-order valence-corrected chi connectivity index (χ1v) is 12.5. The molecular formula is C26H35N3O4. The minimum absolute atomic E-state index is 0.0316. The highest BCUT2D eigenvalue weighted by Crippen LogP contribution is 2.34. The SMILES string of the molecule is CC(=O)Nc1ccc(N2C(=O)CC(N(C(=O)C3CCCCC3)C3CCCCCC3)C2=O)cc1. The van der Waals surface area contributed by atoms with Crippen molar-refractivity contribution in [3.63, 3.8) is 0 Å². The van der Waals surface area contributed by atoms with Gasteiger partial charge >= 0.3 is 0 Å². The van der Waals surface area contributed by atoms with Crippen molar-refractivity contribution in [2.24, 2.45) is 5.92 Å². The van der Waals surface area contributed by atoms with Crippen LogP contribution in [-0.2, 0) is 19.2 Å². The minimum atomic E-state index is -0.718. The molecule has 1 atom stereocenters. The number of imide groups is 1. The zero-order valence-electron chi connectivity index (χ0n) is 19.6. The number of hydrogen-bond acceptors (Lipinski definition) is 4. The first-order chi connectivity index (χ1) is 16.0. The van der Waals surface area contributed by atoms with Gasteiger partial charge in [-0.2, -0.15) is 0 Å². The standard InChI is InChI=1S/C26H35N3O4/c1-18(30)27-20-13-15-22(16-14-20)29-24(31)17-23(26(29)33)28(21-11-7-2-3-8-12-21)25(32)19-9-5-4-6-10-19/h13-16,19,21,23H,2-12,17H2,1H3,(H,27,30). The number of nitrogens with zero attached hydrogens (tertiary/aromatic N) is 2. The lowest BCUT2D eigenvalue weighted by molar-refractivity contribution is -0.146. The second-order valence-electron chi connectivity index (χ2n) is 9.74. The quantitative estimate of drug-likeness (QED) is 0.529. The van der Waals surface area contributed by atoms with E-state index in [1.54, 1.807) is 24.3 Å². The van der Waals surface area contributed by atoms with E-state index in [0.29, 0.717) is 11.4 Å². The molecule has 0 bridgehead atoms. The summed E-state index contributed by atoms with van der Waals surface area (Å²) >= 11 is 0. The molecule has 1 aromatic rings. The summed E-state index contributed by atoms with van der Waals surface area (Å²) in [6, 6.07) is 6.02. The molecule has 1 aromatic carbocycles. The molecule has 4 rings (SSSR count). The van der Waals surface area contributed by atoms with Crippen molar-refractivity contribution in [2.45, 2.75) is 96.1 Å². The average Bonchev–Trinajstić information content (AvgIpc) is 2.97. The van der Waals surface area contributed by atoms with E-state index in [4.69, 9.17) is 0 Å². The number of amides is 4. The first kappa shape index (κ1) is 23.5. The Morgan fingerprint density at radius 1 is 0.879 bits per heavy atom. The number of nitrogens with one attached hydrogen (secondary N) is 1. The van der Waals surface area contributed by atoms with Crippen LogP contribution in [-0.4, -0.2) is 40.6 Å². The van der Waals surface area contributed by atoms with Crippen molar-refractivity contribution in [3.8, 4) is 0 Å². The maximum atomic E-state index is 13.7. The second-order valence-corrected chi connectivity index (χ2v) is 9.74. The zero-order valence-corrected chi connectivity index (χ0v) is 19.6. The van der Waals surface area contributed by atoms with E-state index in [0.717, 1.165) is 70.6 Å². The molecule has 4 amide bonds. The van der Waals surface area contributed by atoms with Gasteiger partial charge < -0.3 is 10.2 Å². The van der Waals surface area contributed by atoms with Crippen molar-refractivity contribution in [2.75, 3.05) is 10.2 Å². The molecule has 0 radical (unpaired) electrons. The summed E-state index contributed by atoms with van der Waals surface area (Å²) in [6.45, 7) is 1.43. The molecular weight excluding hydrogens is 418 g/mol. The molecule has 1 heterocycles. The van der Waals surface area contributed by atoms with E-state index in [1.165, 1.54) is 11.8 Å². The topological polar surface area (TPSA) is 86.8 Å². The van der Waals surface area contributed by atoms with Gasteiger partial charge in [-0.25, -0.2) is 4.90 Å². The fourth-order valence-corrected chi connectivity index (χ4v) is 5.69. The molecule has 1 N–H and O–H groups in total. The fraction of sp³-hybridized carbons (Fsp3) is 0.615. The molecule has 33 heavy (non-hydrogen) atoms. The van der Waals surface area contributed by atoms with E-state index < -0.39 is 6.04 Å². The van der Waals surface area contributed by atoms with Crippen LogP contribution in [0.25, 0.3) is 0 Å². The van der Waals surface area contributed by atoms with E-state index in [1.807, 2.05) is 4.90 Å². The van der Waals surface area contributed by atoms with Crippen LogP contribution >= 0.6 is 0 Å². The molecule has 0 spiro atoms. The number of carbonyl (C=O) groups is 4. The lowest BCUT2D eigenvalue weighted by Gasteiger charge is -2.38. The highest BCUT2D eigenvalue weighted by molar-refractivity contribution is 6.23. The van der Waals surface area contributed by atoms with Crippen LogP contribution in [0.15, 0.2) is 24.3 Å². The van der Waals surface area contributed by atoms with Gasteiger partial charge in [0.25, 0.3) is 5.91 Å². The normalized spacial score (nSPS) is 22.8. The Balaban J connectivity index is 1.58. The Bertz CT molecular complexity index is 883. The molecule has 1 unspecified atom stereocenters. The Morgan fingerprint density at radius 3 is 2.06 bits per heavy atom. The van der Waals surface area contributed by atoms with Gasteiger partial charge in [-0.3, -0.25) is 19.2 Å². The van der Waals surface area contributed by atoms with Crippen LogP contribution in [0.1, 0.15) is 84.0 Å². The summed E-state index contributed by atoms with van der Waals surface area (Å²) in [7, 11) is 0. The van der Waals surface area contributed by atoms with Gasteiger partial charge in [0.15, 0.2) is 0 Å². The van der Waals surface area contributed by atoms with Crippen molar-refractivity contribution in [3.05, 3.63) is 24.3 Å². The summed E-state index contributed by atoms with van der Waals surface area (Å²) in [5, 5.41) is 2.69. The lowest BCUT2D eigenvalue weighted by atomic mass is 9.87. The molecule has 3 fully saturated rings. The molecule has 0 aromatic heterocycles. The summed E-state index contributed by atoms with van der Waals surface area (Å²) in [4.78, 5) is 54.7. The van der Waals surface area contributed by atoms with Crippen molar-refractivity contribution in [1.29, 1.82) is 0 Å². The van der Waals surface area contributed by atoms with Gasteiger partial charge in [0.05, 0.1) is 12.1 Å². The van der Waals surface area contributed by atoms with Crippen LogP contribution in [0.3, 0.4) is 0 Å². The van der Waals surface area contributed by atoms with Gasteiger partial charge in [0.2, 0.25) is 17.7 Å². The molecule has 7 heteroatoms. The van der Waals surface area contributed by atoms with Crippen molar-refractivity contribution >= 4 is 35.0 Å². The second kappa shape index (κ2) is 10.5. The van der Waals surface area contributed by atoms with Gasteiger partial charge in [0.1, 0.15) is 6.04 Å². The third kappa shape index (κ3) is 5.28. The Morgan fingerprint density at radius 2 is 1.45 bits per heavy atom. The molecule has 1 aliphatic heterocycles. The lowest BCUT2D eigenvalue weighted by Crippen LogP contribution is -2.52. The van der Waals surface area contributed by atoms with Gasteiger partial charge in [-0.1, -0.05) is 44.9 Å². The number of hydrogen-bond donors (Lipinski definition) is 1. The van der Waals surface area contributed by atoms with Crippen LogP contribution in [0.2, 0.25) is 0 Å². The Hall–Kier alpha value is -2.70. The molecule has 2 aliphatic carbocycles. The number of carbonyl (C=O) groups excluding carboxylic acids is 4. The highest BCUT2D eigenvalue weighted by atomic mass is 16.2. The van der Waals surface area contributed by atoms with Crippen LogP contribution in [0, 0.1) is 5.92 Å². The van der Waals surface area contributed by atoms with Crippen molar-refractivity contribution in [1.82, 2.24) is 4.90 Å². The van der Waals surface area contributed by atoms with E-state index in [9.17, 15) is 19.2 Å². The average molecular weight is 454 g/mol. The maximum absolute atomic E-state index is 13.7. The molecule has 7 nitrogen and oxygen atoms in total. The Labute approximate surface area is 195 Å². The van der Waals surface area contributed by atoms with E-state index in [2.05, 4.69) is 5.32 Å². The summed E-state index contributed by atoms with van der Waals surface area (Å²) in [5.41, 5.74) is 1.09. The fourth-order valence-electron chi connectivity index (χ4n) is 5.69. The molecule has 178 valence electrons. The predicted molar refractivity (Wildman–Crippen MR) is 127 cm³/mol. The van der Waals surface area contributed by atoms with E-state index >= 15 is 0 Å². The molecule has 2 saturated carbocycles. The predicted octanol–water partition coefficient (Wildman–Crippen LogP) is 4.41.